The first-order valence-corrected chi connectivity index (χ1v) is 9.18. The van der Waals surface area contributed by atoms with E-state index in [4.69, 9.17) is 9.84 Å². The van der Waals surface area contributed by atoms with Crippen LogP contribution >= 0.6 is 0 Å². The maximum atomic E-state index is 12.9. The Labute approximate surface area is 177 Å². The quantitative estimate of drug-likeness (QED) is 0.433. The van der Waals surface area contributed by atoms with Gasteiger partial charge < -0.3 is 15.2 Å². The smallest absolute Gasteiger partial charge is 0.335 e. The van der Waals surface area contributed by atoms with E-state index < -0.39 is 5.97 Å². The second-order valence-electron chi connectivity index (χ2n) is 6.47. The molecule has 0 radical (unpaired) electrons. The third-order valence-electron chi connectivity index (χ3n) is 4.25. The Bertz CT molecular complexity index is 1150. The largest absolute Gasteiger partial charge is 0.484 e. The van der Waals surface area contributed by atoms with Crippen LogP contribution in [-0.2, 0) is 4.79 Å². The molecular weight excluding hydrogens is 399 g/mol. The number of halogens is 1. The van der Waals surface area contributed by atoms with E-state index in [1.165, 1.54) is 36.4 Å². The predicted octanol–water partition coefficient (Wildman–Crippen LogP) is 4.61. The molecule has 3 rings (SSSR count). The fourth-order valence-corrected chi connectivity index (χ4v) is 2.68. The van der Waals surface area contributed by atoms with E-state index >= 15 is 0 Å². The summed E-state index contributed by atoms with van der Waals surface area (Å²) < 4.78 is 18.3. The van der Waals surface area contributed by atoms with E-state index in [0.717, 1.165) is 5.56 Å². The first-order chi connectivity index (χ1) is 14.9. The van der Waals surface area contributed by atoms with Crippen LogP contribution in [0, 0.1) is 17.1 Å². The Morgan fingerprint density at radius 2 is 1.58 bits per heavy atom. The summed E-state index contributed by atoms with van der Waals surface area (Å²) in [7, 11) is 0. The van der Waals surface area contributed by atoms with Crippen molar-refractivity contribution in [2.45, 2.75) is 0 Å². The Hall–Kier alpha value is -4.44. The van der Waals surface area contributed by atoms with Gasteiger partial charge in [0.15, 0.2) is 6.61 Å². The molecule has 0 aliphatic rings. The van der Waals surface area contributed by atoms with Gasteiger partial charge in [-0.25, -0.2) is 9.18 Å². The number of benzene rings is 3. The van der Waals surface area contributed by atoms with E-state index in [-0.39, 0.29) is 23.9 Å². The summed E-state index contributed by atoms with van der Waals surface area (Å²) in [5.74, 6) is -1.33. The lowest BCUT2D eigenvalue weighted by Crippen LogP contribution is -2.20. The van der Waals surface area contributed by atoms with Crippen molar-refractivity contribution in [3.63, 3.8) is 0 Å². The Morgan fingerprint density at radius 1 is 0.968 bits per heavy atom. The molecule has 0 saturated carbocycles. The highest BCUT2D eigenvalue weighted by atomic mass is 19.1. The summed E-state index contributed by atoms with van der Waals surface area (Å²) in [4.78, 5) is 22.9. The number of allylic oxidation sites excluding steroid dienone is 1. The number of carbonyl (C=O) groups excluding carboxylic acids is 1. The number of rotatable bonds is 7. The lowest BCUT2D eigenvalue weighted by molar-refractivity contribution is -0.118. The highest BCUT2D eigenvalue weighted by Gasteiger charge is 2.06. The van der Waals surface area contributed by atoms with Crippen LogP contribution < -0.4 is 10.1 Å². The first-order valence-electron chi connectivity index (χ1n) is 9.18. The Kier molecular flexibility index (Phi) is 6.76. The van der Waals surface area contributed by atoms with Gasteiger partial charge in [-0.1, -0.05) is 24.3 Å². The fraction of sp³-hybridized carbons (Fsp3) is 0.0417. The van der Waals surface area contributed by atoms with Crippen LogP contribution in [0.4, 0.5) is 10.1 Å². The van der Waals surface area contributed by atoms with Crippen LogP contribution in [0.1, 0.15) is 21.5 Å². The van der Waals surface area contributed by atoms with E-state index in [1.807, 2.05) is 0 Å². The fourth-order valence-electron chi connectivity index (χ4n) is 2.68. The molecular formula is C24H17FN2O4. The number of ether oxygens (including phenoxy) is 1. The third kappa shape index (κ3) is 6.02. The second kappa shape index (κ2) is 9.85. The van der Waals surface area contributed by atoms with Gasteiger partial charge in [0.25, 0.3) is 5.91 Å². The van der Waals surface area contributed by atoms with E-state index in [2.05, 4.69) is 11.4 Å². The number of nitrogens with zero attached hydrogens (tertiary/aromatic N) is 1. The molecule has 0 aromatic heterocycles. The van der Waals surface area contributed by atoms with Gasteiger partial charge in [0, 0.05) is 5.69 Å². The van der Waals surface area contributed by atoms with E-state index in [0.29, 0.717) is 22.6 Å². The van der Waals surface area contributed by atoms with E-state index in [1.54, 1.807) is 42.5 Å². The predicted molar refractivity (Wildman–Crippen MR) is 114 cm³/mol. The molecule has 31 heavy (non-hydrogen) atoms. The number of nitriles is 1. The molecule has 0 unspecified atom stereocenters. The zero-order valence-corrected chi connectivity index (χ0v) is 16.2. The molecule has 6 nitrogen and oxygen atoms in total. The highest BCUT2D eigenvalue weighted by molar-refractivity contribution is 5.92. The van der Waals surface area contributed by atoms with Crippen molar-refractivity contribution < 1.29 is 23.8 Å². The van der Waals surface area contributed by atoms with Crippen molar-refractivity contribution in [3.8, 4) is 11.8 Å². The third-order valence-corrected chi connectivity index (χ3v) is 4.25. The zero-order chi connectivity index (χ0) is 22.2. The van der Waals surface area contributed by atoms with E-state index in [9.17, 15) is 19.2 Å². The molecule has 3 aromatic carbocycles. The summed E-state index contributed by atoms with van der Waals surface area (Å²) in [6.45, 7) is -0.216. The van der Waals surface area contributed by atoms with Crippen LogP contribution in [0.15, 0.2) is 72.8 Å². The van der Waals surface area contributed by atoms with Gasteiger partial charge in [-0.15, -0.1) is 0 Å². The molecule has 0 bridgehead atoms. The number of amides is 1. The van der Waals surface area contributed by atoms with Crippen molar-refractivity contribution in [3.05, 3.63) is 95.3 Å². The molecule has 0 heterocycles. The van der Waals surface area contributed by atoms with Crippen LogP contribution in [0.5, 0.6) is 5.75 Å². The SMILES string of the molecule is N#C/C(=C/c1ccc(OCC(=O)Nc2ccc(F)cc2)cc1)c1ccc(C(=O)O)cc1. The van der Waals surface area contributed by atoms with Gasteiger partial charge in [-0.3, -0.25) is 4.79 Å². The van der Waals surface area contributed by atoms with Gasteiger partial charge in [-0.2, -0.15) is 5.26 Å². The summed E-state index contributed by atoms with van der Waals surface area (Å²) in [5, 5.41) is 21.0. The van der Waals surface area contributed by atoms with Crippen molar-refractivity contribution in [2.24, 2.45) is 0 Å². The van der Waals surface area contributed by atoms with Gasteiger partial charge in [-0.05, 0) is 65.7 Å². The van der Waals surface area contributed by atoms with Crippen LogP contribution in [0.2, 0.25) is 0 Å². The van der Waals surface area contributed by atoms with Gasteiger partial charge in [0.1, 0.15) is 11.6 Å². The van der Waals surface area contributed by atoms with Gasteiger partial charge >= 0.3 is 5.97 Å². The first kappa shape index (κ1) is 21.3. The average molecular weight is 416 g/mol. The van der Waals surface area contributed by atoms with Crippen LogP contribution in [0.3, 0.4) is 0 Å². The summed E-state index contributed by atoms with van der Waals surface area (Å²) in [6.07, 6.45) is 1.67. The molecule has 0 saturated heterocycles. The minimum absolute atomic E-state index is 0.144. The minimum Gasteiger partial charge on any atom is -0.484 e. The average Bonchev–Trinajstić information content (AvgIpc) is 2.78. The standard InChI is InChI=1S/C24H17FN2O4/c25-20-7-9-21(10-8-20)27-23(28)15-31-22-11-1-16(2-12-22)13-19(14-26)17-3-5-18(6-4-17)24(29)30/h1-13H,15H2,(H,27,28)(H,29,30)/b19-13-. The number of hydrogen-bond donors (Lipinski definition) is 2. The minimum atomic E-state index is -1.03. The van der Waals surface area contributed by atoms with Crippen molar-refractivity contribution >= 4 is 29.2 Å². The summed E-state index contributed by atoms with van der Waals surface area (Å²) in [6, 6.07) is 20.3. The maximum absolute atomic E-state index is 12.9. The molecule has 1 amide bonds. The number of carboxylic acid groups (broad SMARTS) is 1. The molecule has 0 fully saturated rings. The molecule has 154 valence electrons. The molecule has 0 aliphatic carbocycles. The molecule has 7 heteroatoms. The topological polar surface area (TPSA) is 99.4 Å². The number of carbonyl (C=O) groups is 2. The zero-order valence-electron chi connectivity index (χ0n) is 16.2. The molecule has 0 aliphatic heterocycles. The maximum Gasteiger partial charge on any atom is 0.335 e. The number of anilines is 1. The van der Waals surface area contributed by atoms with Crippen molar-refractivity contribution in [2.75, 3.05) is 11.9 Å². The van der Waals surface area contributed by atoms with Gasteiger partial charge in [0.05, 0.1) is 17.2 Å². The Balaban J connectivity index is 1.60. The summed E-state index contributed by atoms with van der Waals surface area (Å²) in [5.41, 5.74) is 2.33. The van der Waals surface area contributed by atoms with Gasteiger partial charge in [0.2, 0.25) is 0 Å². The van der Waals surface area contributed by atoms with Crippen LogP contribution in [0.25, 0.3) is 11.6 Å². The van der Waals surface area contributed by atoms with Crippen molar-refractivity contribution in [1.82, 2.24) is 0 Å². The molecule has 2 N–H and O–H groups in total. The Morgan fingerprint density at radius 3 is 2.16 bits per heavy atom. The number of aromatic carboxylic acids is 1. The van der Waals surface area contributed by atoms with Crippen molar-refractivity contribution in [1.29, 1.82) is 5.26 Å². The number of nitrogens with one attached hydrogen (secondary N) is 1. The lowest BCUT2D eigenvalue weighted by atomic mass is 10.0. The van der Waals surface area contributed by atoms with Crippen LogP contribution in [-0.4, -0.2) is 23.6 Å². The molecule has 0 atom stereocenters. The number of carboxylic acids is 1. The number of hydrogen-bond acceptors (Lipinski definition) is 4. The highest BCUT2D eigenvalue weighted by Crippen LogP contribution is 2.20. The molecule has 3 aromatic rings. The normalized spacial score (nSPS) is 10.8. The summed E-state index contributed by atoms with van der Waals surface area (Å²) >= 11 is 0. The monoisotopic (exact) mass is 416 g/mol. The second-order valence-corrected chi connectivity index (χ2v) is 6.47. The lowest BCUT2D eigenvalue weighted by Gasteiger charge is -2.08. The molecule has 0 spiro atoms.